The van der Waals surface area contributed by atoms with Gasteiger partial charge < -0.3 is 10.0 Å². The van der Waals surface area contributed by atoms with E-state index in [4.69, 9.17) is 0 Å². The van der Waals surface area contributed by atoms with Crippen LogP contribution in [-0.2, 0) is 9.59 Å². The van der Waals surface area contributed by atoms with Gasteiger partial charge in [0.2, 0.25) is 11.8 Å². The van der Waals surface area contributed by atoms with E-state index in [0.29, 0.717) is 10.6 Å². The summed E-state index contributed by atoms with van der Waals surface area (Å²) in [6.45, 7) is 5.89. The van der Waals surface area contributed by atoms with Crippen LogP contribution in [0.1, 0.15) is 30.6 Å². The van der Waals surface area contributed by atoms with Crippen molar-refractivity contribution in [2.45, 2.75) is 30.4 Å². The standard InChI is InChI=1S/C21H22N2O4S/c1-3-22(4-2)14-9-11-15(12-10-14)23-19(24)13-18(20(23)25)28-17-8-6-5-7-16(17)21(26)27/h5-12,18H,3-4,13H2,1-2H3,(H,26,27). The third kappa shape index (κ3) is 3.89. The second-order valence-corrected chi connectivity index (χ2v) is 7.61. The smallest absolute Gasteiger partial charge is 0.336 e. The van der Waals surface area contributed by atoms with Gasteiger partial charge in [-0.15, -0.1) is 11.8 Å². The maximum atomic E-state index is 12.9. The van der Waals surface area contributed by atoms with Crippen molar-refractivity contribution in [1.29, 1.82) is 0 Å². The number of carbonyl (C=O) groups excluding carboxylic acids is 2. The Kier molecular flexibility index (Phi) is 6.04. The fourth-order valence-electron chi connectivity index (χ4n) is 3.27. The van der Waals surface area contributed by atoms with Crippen LogP contribution in [0, 0.1) is 0 Å². The van der Waals surface area contributed by atoms with Crippen molar-refractivity contribution in [2.24, 2.45) is 0 Å². The van der Waals surface area contributed by atoms with Crippen molar-refractivity contribution in [3.05, 3.63) is 54.1 Å². The molecule has 0 saturated carbocycles. The van der Waals surface area contributed by atoms with Crippen molar-refractivity contribution in [3.8, 4) is 0 Å². The number of hydrogen-bond acceptors (Lipinski definition) is 5. The molecule has 6 nitrogen and oxygen atoms in total. The number of thioether (sulfide) groups is 1. The van der Waals surface area contributed by atoms with Gasteiger partial charge in [-0.1, -0.05) is 12.1 Å². The van der Waals surface area contributed by atoms with Gasteiger partial charge in [0.05, 0.1) is 16.5 Å². The number of nitrogens with zero attached hydrogens (tertiary/aromatic N) is 2. The first-order chi connectivity index (χ1) is 13.5. The molecular weight excluding hydrogens is 376 g/mol. The Bertz CT molecular complexity index is 894. The summed E-state index contributed by atoms with van der Waals surface area (Å²) in [4.78, 5) is 40.6. The highest BCUT2D eigenvalue weighted by Gasteiger charge is 2.40. The summed E-state index contributed by atoms with van der Waals surface area (Å²) < 4.78 is 0. The molecule has 1 atom stereocenters. The Hall–Kier alpha value is -2.80. The van der Waals surface area contributed by atoms with Gasteiger partial charge >= 0.3 is 5.97 Å². The maximum absolute atomic E-state index is 12.9. The van der Waals surface area contributed by atoms with E-state index in [0.717, 1.165) is 30.5 Å². The lowest BCUT2D eigenvalue weighted by atomic mass is 10.2. The molecule has 1 heterocycles. The minimum atomic E-state index is -1.05. The summed E-state index contributed by atoms with van der Waals surface area (Å²) in [5.74, 6) is -1.64. The van der Waals surface area contributed by atoms with E-state index in [1.54, 1.807) is 30.3 Å². The number of carboxylic acids is 1. The van der Waals surface area contributed by atoms with Gasteiger partial charge in [0.15, 0.2) is 0 Å². The van der Waals surface area contributed by atoms with Crippen LogP contribution in [0.25, 0.3) is 0 Å². The molecule has 2 amide bonds. The van der Waals surface area contributed by atoms with Crippen LogP contribution in [0.4, 0.5) is 11.4 Å². The van der Waals surface area contributed by atoms with Crippen molar-refractivity contribution < 1.29 is 19.5 Å². The van der Waals surface area contributed by atoms with Gasteiger partial charge in [-0.3, -0.25) is 9.59 Å². The van der Waals surface area contributed by atoms with Crippen LogP contribution in [0.5, 0.6) is 0 Å². The van der Waals surface area contributed by atoms with Gasteiger partial charge in [-0.2, -0.15) is 0 Å². The lowest BCUT2D eigenvalue weighted by Gasteiger charge is -2.22. The molecule has 146 valence electrons. The number of imide groups is 1. The number of carboxylic acid groups (broad SMARTS) is 1. The second-order valence-electron chi connectivity index (χ2n) is 6.37. The zero-order valence-electron chi connectivity index (χ0n) is 15.8. The fourth-order valence-corrected chi connectivity index (χ4v) is 4.45. The molecule has 1 aliphatic heterocycles. The van der Waals surface area contributed by atoms with Crippen LogP contribution in [-0.4, -0.2) is 41.2 Å². The molecule has 0 radical (unpaired) electrons. The molecule has 0 aliphatic carbocycles. The highest BCUT2D eigenvalue weighted by molar-refractivity contribution is 8.00. The number of aromatic carboxylic acids is 1. The molecule has 28 heavy (non-hydrogen) atoms. The Balaban J connectivity index is 1.80. The number of amides is 2. The lowest BCUT2D eigenvalue weighted by Crippen LogP contribution is -2.31. The van der Waals surface area contributed by atoms with Gasteiger partial charge in [-0.05, 0) is 50.2 Å². The van der Waals surface area contributed by atoms with Crippen molar-refractivity contribution in [2.75, 3.05) is 22.9 Å². The summed E-state index contributed by atoms with van der Waals surface area (Å²) in [7, 11) is 0. The summed E-state index contributed by atoms with van der Waals surface area (Å²) in [6, 6.07) is 13.9. The Labute approximate surface area is 168 Å². The van der Waals surface area contributed by atoms with E-state index < -0.39 is 11.2 Å². The van der Waals surface area contributed by atoms with Crippen LogP contribution in [0.15, 0.2) is 53.4 Å². The first-order valence-corrected chi connectivity index (χ1v) is 10.0. The Morgan fingerprint density at radius 1 is 1.11 bits per heavy atom. The van der Waals surface area contributed by atoms with E-state index in [2.05, 4.69) is 18.7 Å². The second kappa shape index (κ2) is 8.48. The highest BCUT2D eigenvalue weighted by Crippen LogP contribution is 2.36. The largest absolute Gasteiger partial charge is 0.478 e. The maximum Gasteiger partial charge on any atom is 0.336 e. The minimum absolute atomic E-state index is 0.0508. The molecule has 7 heteroatoms. The van der Waals surface area contributed by atoms with Gasteiger partial charge in [0.25, 0.3) is 0 Å². The fraction of sp³-hybridized carbons (Fsp3) is 0.286. The summed E-state index contributed by atoms with van der Waals surface area (Å²) in [5.41, 5.74) is 1.71. The summed E-state index contributed by atoms with van der Waals surface area (Å²) >= 11 is 1.13. The van der Waals surface area contributed by atoms with Crippen LogP contribution in [0.3, 0.4) is 0 Å². The Morgan fingerprint density at radius 2 is 1.75 bits per heavy atom. The normalized spacial score (nSPS) is 16.5. The average molecular weight is 398 g/mol. The van der Waals surface area contributed by atoms with Crippen LogP contribution < -0.4 is 9.80 Å². The van der Waals surface area contributed by atoms with Crippen molar-refractivity contribution >= 4 is 40.9 Å². The SMILES string of the molecule is CCN(CC)c1ccc(N2C(=O)CC(Sc3ccccc3C(=O)O)C2=O)cc1. The number of carbonyl (C=O) groups is 3. The predicted molar refractivity (Wildman–Crippen MR) is 110 cm³/mol. The molecule has 1 saturated heterocycles. The van der Waals surface area contributed by atoms with Gasteiger partial charge in [0, 0.05) is 30.1 Å². The molecule has 0 spiro atoms. The molecule has 0 bridgehead atoms. The third-order valence-corrected chi connectivity index (χ3v) is 5.99. The number of rotatable bonds is 7. The van der Waals surface area contributed by atoms with E-state index in [1.807, 2.05) is 12.1 Å². The molecule has 1 unspecified atom stereocenters. The highest BCUT2D eigenvalue weighted by atomic mass is 32.2. The lowest BCUT2D eigenvalue weighted by molar-refractivity contribution is -0.121. The van der Waals surface area contributed by atoms with Crippen LogP contribution >= 0.6 is 11.8 Å². The third-order valence-electron chi connectivity index (χ3n) is 4.73. The molecule has 2 aromatic rings. The van der Waals surface area contributed by atoms with E-state index in [1.165, 1.54) is 11.0 Å². The summed E-state index contributed by atoms with van der Waals surface area (Å²) in [5, 5.41) is 8.69. The van der Waals surface area contributed by atoms with E-state index in [9.17, 15) is 19.5 Å². The molecule has 1 aliphatic rings. The van der Waals surface area contributed by atoms with Crippen molar-refractivity contribution in [1.82, 2.24) is 0 Å². The molecule has 1 fully saturated rings. The minimum Gasteiger partial charge on any atom is -0.478 e. The molecular formula is C21H22N2O4S. The van der Waals surface area contributed by atoms with E-state index in [-0.39, 0.29) is 23.8 Å². The summed E-state index contributed by atoms with van der Waals surface area (Å²) in [6.07, 6.45) is 0.0508. The van der Waals surface area contributed by atoms with Gasteiger partial charge in [-0.25, -0.2) is 9.69 Å². The number of anilines is 2. The quantitative estimate of drug-likeness (QED) is 0.717. The first-order valence-electron chi connectivity index (χ1n) is 9.17. The van der Waals surface area contributed by atoms with Crippen molar-refractivity contribution in [3.63, 3.8) is 0 Å². The number of hydrogen-bond donors (Lipinski definition) is 1. The molecule has 2 aromatic carbocycles. The van der Waals surface area contributed by atoms with Gasteiger partial charge in [0.1, 0.15) is 0 Å². The number of benzene rings is 2. The molecule has 3 rings (SSSR count). The van der Waals surface area contributed by atoms with Crippen LogP contribution in [0.2, 0.25) is 0 Å². The predicted octanol–water partition coefficient (Wildman–Crippen LogP) is 3.66. The molecule has 1 N–H and O–H groups in total. The zero-order chi connectivity index (χ0) is 20.3. The molecule has 0 aromatic heterocycles. The average Bonchev–Trinajstić information content (AvgIpc) is 2.97. The first kappa shape index (κ1) is 19.9. The monoisotopic (exact) mass is 398 g/mol. The van der Waals surface area contributed by atoms with E-state index >= 15 is 0 Å². The topological polar surface area (TPSA) is 77.9 Å². The zero-order valence-corrected chi connectivity index (χ0v) is 16.6. The Morgan fingerprint density at radius 3 is 2.36 bits per heavy atom.